The first kappa shape index (κ1) is 16.0. The molecule has 0 aromatic heterocycles. The van der Waals surface area contributed by atoms with Crippen LogP contribution in [0.15, 0.2) is 42.5 Å². The number of benzene rings is 2. The Morgan fingerprint density at radius 1 is 1.09 bits per heavy atom. The van der Waals surface area contributed by atoms with E-state index in [2.05, 4.69) is 10.6 Å². The second-order valence-electron chi connectivity index (χ2n) is 4.73. The van der Waals surface area contributed by atoms with Gasteiger partial charge in [0, 0.05) is 17.3 Å². The Hall–Kier alpha value is -2.40. The van der Waals surface area contributed by atoms with Gasteiger partial charge >= 0.3 is 11.8 Å². The zero-order valence-corrected chi connectivity index (χ0v) is 12.6. The molecule has 0 saturated heterocycles. The average Bonchev–Trinajstić information content (AvgIpc) is 2.50. The summed E-state index contributed by atoms with van der Waals surface area (Å²) in [7, 11) is 0. The molecule has 114 valence electrons. The van der Waals surface area contributed by atoms with Crippen LogP contribution in [0, 0.1) is 12.7 Å². The topological polar surface area (TPSA) is 58.2 Å². The normalized spacial score (nSPS) is 10.1. The number of hydrogen-bond donors (Lipinski definition) is 2. The van der Waals surface area contributed by atoms with E-state index in [-0.39, 0.29) is 12.2 Å². The molecule has 0 spiro atoms. The summed E-state index contributed by atoms with van der Waals surface area (Å²) < 4.78 is 13.4. The fraction of sp³-hybridized carbons (Fsp3) is 0.125. The Bertz CT molecular complexity index is 702. The highest BCUT2D eigenvalue weighted by atomic mass is 35.5. The van der Waals surface area contributed by atoms with Gasteiger partial charge in [-0.1, -0.05) is 29.8 Å². The summed E-state index contributed by atoms with van der Waals surface area (Å²) in [6.45, 7) is 1.81. The van der Waals surface area contributed by atoms with Crippen LogP contribution in [0.3, 0.4) is 0 Å². The van der Waals surface area contributed by atoms with Crippen molar-refractivity contribution in [2.24, 2.45) is 0 Å². The molecule has 2 amide bonds. The fourth-order valence-electron chi connectivity index (χ4n) is 1.72. The highest BCUT2D eigenvalue weighted by molar-refractivity contribution is 6.39. The van der Waals surface area contributed by atoms with Gasteiger partial charge < -0.3 is 10.6 Å². The predicted molar refractivity (Wildman–Crippen MR) is 83.1 cm³/mol. The van der Waals surface area contributed by atoms with Gasteiger partial charge in [-0.15, -0.1) is 0 Å². The minimum Gasteiger partial charge on any atom is -0.344 e. The first-order valence-electron chi connectivity index (χ1n) is 6.55. The second kappa shape index (κ2) is 7.04. The van der Waals surface area contributed by atoms with E-state index < -0.39 is 17.6 Å². The number of nitrogens with one attached hydrogen (secondary N) is 2. The molecule has 0 atom stereocenters. The number of carbonyl (C=O) groups is 2. The number of carbonyl (C=O) groups excluding carboxylic acids is 2. The number of rotatable bonds is 3. The fourth-order valence-corrected chi connectivity index (χ4v) is 1.85. The van der Waals surface area contributed by atoms with Gasteiger partial charge in [0.1, 0.15) is 5.82 Å². The molecule has 4 nitrogen and oxygen atoms in total. The zero-order valence-electron chi connectivity index (χ0n) is 11.8. The van der Waals surface area contributed by atoms with Crippen LogP contribution in [0.2, 0.25) is 5.02 Å². The molecule has 0 aliphatic rings. The van der Waals surface area contributed by atoms with Crippen LogP contribution in [0.5, 0.6) is 0 Å². The summed E-state index contributed by atoms with van der Waals surface area (Å²) in [4.78, 5) is 23.4. The molecule has 2 rings (SSSR count). The first-order chi connectivity index (χ1) is 10.5. The van der Waals surface area contributed by atoms with Crippen molar-refractivity contribution in [3.8, 4) is 0 Å². The summed E-state index contributed by atoms with van der Waals surface area (Å²) in [6.07, 6.45) is 0. The summed E-state index contributed by atoms with van der Waals surface area (Å²) in [5.41, 5.74) is 1.51. The zero-order chi connectivity index (χ0) is 16.1. The monoisotopic (exact) mass is 320 g/mol. The lowest BCUT2D eigenvalue weighted by atomic mass is 10.2. The van der Waals surface area contributed by atoms with Crippen LogP contribution >= 0.6 is 11.6 Å². The van der Waals surface area contributed by atoms with E-state index in [4.69, 9.17) is 11.6 Å². The Labute approximate surface area is 132 Å². The molecule has 6 heteroatoms. The number of hydrogen-bond acceptors (Lipinski definition) is 2. The maximum atomic E-state index is 13.4. The maximum Gasteiger partial charge on any atom is 0.313 e. The molecule has 0 radical (unpaired) electrons. The minimum atomic E-state index is -0.850. The van der Waals surface area contributed by atoms with E-state index in [1.807, 2.05) is 0 Å². The van der Waals surface area contributed by atoms with Crippen LogP contribution in [-0.2, 0) is 16.1 Å². The molecule has 0 aliphatic heterocycles. The predicted octanol–water partition coefficient (Wildman–Crippen LogP) is 3.04. The Balaban J connectivity index is 1.90. The standard InChI is InChI=1S/C16H14ClFN2O2/c1-10-2-7-13(8-14(10)18)20-16(22)15(21)19-9-11-3-5-12(17)6-4-11/h2-8H,9H2,1H3,(H,19,21)(H,20,22). The Morgan fingerprint density at radius 2 is 1.77 bits per heavy atom. The molecule has 0 bridgehead atoms. The highest BCUT2D eigenvalue weighted by Gasteiger charge is 2.13. The van der Waals surface area contributed by atoms with Gasteiger partial charge in [-0.2, -0.15) is 0 Å². The maximum absolute atomic E-state index is 13.4. The molecule has 0 saturated carbocycles. The van der Waals surface area contributed by atoms with Crippen molar-refractivity contribution in [1.82, 2.24) is 5.32 Å². The van der Waals surface area contributed by atoms with E-state index in [0.29, 0.717) is 10.6 Å². The molecular weight excluding hydrogens is 307 g/mol. The number of aryl methyl sites for hydroxylation is 1. The summed E-state index contributed by atoms with van der Waals surface area (Å²) in [6, 6.07) is 11.1. The minimum absolute atomic E-state index is 0.200. The lowest BCUT2D eigenvalue weighted by Crippen LogP contribution is -2.34. The van der Waals surface area contributed by atoms with Crippen molar-refractivity contribution in [1.29, 1.82) is 0 Å². The SMILES string of the molecule is Cc1ccc(NC(=O)C(=O)NCc2ccc(Cl)cc2)cc1F. The summed E-state index contributed by atoms with van der Waals surface area (Å²) in [5, 5.41) is 5.41. The molecular formula is C16H14ClFN2O2. The molecule has 0 heterocycles. The van der Waals surface area contributed by atoms with E-state index >= 15 is 0 Å². The van der Waals surface area contributed by atoms with Gasteiger partial charge in [0.2, 0.25) is 0 Å². The molecule has 2 aromatic rings. The molecule has 0 unspecified atom stereocenters. The number of halogens is 2. The van der Waals surface area contributed by atoms with Crippen LogP contribution < -0.4 is 10.6 Å². The molecule has 0 fully saturated rings. The van der Waals surface area contributed by atoms with Crippen molar-refractivity contribution >= 4 is 29.1 Å². The lowest BCUT2D eigenvalue weighted by Gasteiger charge is -2.07. The van der Waals surface area contributed by atoms with E-state index in [0.717, 1.165) is 5.56 Å². The third-order valence-electron chi connectivity index (χ3n) is 3.00. The van der Waals surface area contributed by atoms with Gasteiger partial charge in [-0.05, 0) is 42.3 Å². The molecule has 2 N–H and O–H groups in total. The Kier molecular flexibility index (Phi) is 5.12. The molecule has 22 heavy (non-hydrogen) atoms. The van der Waals surface area contributed by atoms with Crippen LogP contribution in [-0.4, -0.2) is 11.8 Å². The largest absolute Gasteiger partial charge is 0.344 e. The van der Waals surface area contributed by atoms with Crippen molar-refractivity contribution in [2.45, 2.75) is 13.5 Å². The van der Waals surface area contributed by atoms with Crippen LogP contribution in [0.4, 0.5) is 10.1 Å². The summed E-state index contributed by atoms with van der Waals surface area (Å²) >= 11 is 5.76. The third kappa shape index (κ3) is 4.30. The van der Waals surface area contributed by atoms with E-state index in [9.17, 15) is 14.0 Å². The van der Waals surface area contributed by atoms with Gasteiger partial charge in [0.15, 0.2) is 0 Å². The van der Waals surface area contributed by atoms with E-state index in [1.54, 1.807) is 31.2 Å². The number of amides is 2. The van der Waals surface area contributed by atoms with Crippen molar-refractivity contribution in [3.63, 3.8) is 0 Å². The van der Waals surface area contributed by atoms with Gasteiger partial charge in [-0.25, -0.2) is 4.39 Å². The average molecular weight is 321 g/mol. The first-order valence-corrected chi connectivity index (χ1v) is 6.93. The van der Waals surface area contributed by atoms with E-state index in [1.165, 1.54) is 18.2 Å². The second-order valence-corrected chi connectivity index (χ2v) is 5.16. The Morgan fingerprint density at radius 3 is 2.41 bits per heavy atom. The molecule has 0 aliphatic carbocycles. The van der Waals surface area contributed by atoms with Crippen LogP contribution in [0.1, 0.15) is 11.1 Å². The lowest BCUT2D eigenvalue weighted by molar-refractivity contribution is -0.136. The van der Waals surface area contributed by atoms with Crippen LogP contribution in [0.25, 0.3) is 0 Å². The van der Waals surface area contributed by atoms with Gasteiger partial charge in [0.25, 0.3) is 0 Å². The third-order valence-corrected chi connectivity index (χ3v) is 3.25. The molecule has 2 aromatic carbocycles. The highest BCUT2D eigenvalue weighted by Crippen LogP contribution is 2.13. The summed E-state index contributed by atoms with van der Waals surface area (Å²) in [5.74, 6) is -2.09. The van der Waals surface area contributed by atoms with Crippen molar-refractivity contribution in [3.05, 3.63) is 64.4 Å². The van der Waals surface area contributed by atoms with Crippen molar-refractivity contribution in [2.75, 3.05) is 5.32 Å². The van der Waals surface area contributed by atoms with Gasteiger partial charge in [0.05, 0.1) is 0 Å². The van der Waals surface area contributed by atoms with Gasteiger partial charge in [-0.3, -0.25) is 9.59 Å². The quantitative estimate of drug-likeness (QED) is 0.854. The smallest absolute Gasteiger partial charge is 0.313 e. The van der Waals surface area contributed by atoms with Crippen molar-refractivity contribution < 1.29 is 14.0 Å². The number of anilines is 1.